The van der Waals surface area contributed by atoms with Crippen LogP contribution in [0.1, 0.15) is 59.3 Å². The molecule has 2 saturated carbocycles. The van der Waals surface area contributed by atoms with Gasteiger partial charge in [-0.2, -0.15) is 0 Å². The Morgan fingerprint density at radius 3 is 2.28 bits per heavy atom. The van der Waals surface area contributed by atoms with Crippen LogP contribution in [0.5, 0.6) is 0 Å². The van der Waals surface area contributed by atoms with Crippen LogP contribution in [0.2, 0.25) is 0 Å². The monoisotopic (exact) mass is 249 g/mol. The van der Waals surface area contributed by atoms with E-state index in [1.807, 2.05) is 20.8 Å². The van der Waals surface area contributed by atoms with E-state index < -0.39 is 17.2 Å². The van der Waals surface area contributed by atoms with Crippen molar-refractivity contribution in [1.82, 2.24) is 5.32 Å². The first-order valence-corrected chi connectivity index (χ1v) is 6.77. The number of carbonyl (C=O) groups is 1. The van der Waals surface area contributed by atoms with Crippen molar-refractivity contribution in [3.05, 3.63) is 0 Å². The van der Waals surface area contributed by atoms with Gasteiger partial charge in [0.05, 0.1) is 0 Å². The molecule has 2 fully saturated rings. The molecule has 0 heterocycles. The lowest BCUT2D eigenvalue weighted by Crippen LogP contribution is -2.61. The summed E-state index contributed by atoms with van der Waals surface area (Å²) in [4.78, 5) is 11.8. The highest BCUT2D eigenvalue weighted by Gasteiger charge is 2.55. The van der Waals surface area contributed by atoms with Crippen molar-refractivity contribution >= 4 is 6.09 Å². The summed E-state index contributed by atoms with van der Waals surface area (Å²) in [5.41, 5.74) is -0.539. The Bertz CT molecular complexity index is 372. The number of rotatable bonds is 1. The SMILES string of the molecule is C#CC1(NC(=O)OC(C)(C)C)CC2(CCCC2)C1. The van der Waals surface area contributed by atoms with Crippen LogP contribution in [0.25, 0.3) is 0 Å². The molecule has 0 bridgehead atoms. The third-order valence-electron chi connectivity index (χ3n) is 4.03. The molecule has 2 aliphatic carbocycles. The van der Waals surface area contributed by atoms with E-state index in [0.717, 1.165) is 12.8 Å². The van der Waals surface area contributed by atoms with E-state index >= 15 is 0 Å². The van der Waals surface area contributed by atoms with E-state index in [-0.39, 0.29) is 0 Å². The second kappa shape index (κ2) is 4.19. The standard InChI is InChI=1S/C15H23NO2/c1-5-15(16-12(17)18-13(2,3)4)10-14(11-15)8-6-7-9-14/h1H,6-11H2,2-4H3,(H,16,17). The Kier molecular flexibility index (Phi) is 3.09. The molecule has 2 rings (SSSR count). The maximum Gasteiger partial charge on any atom is 0.408 e. The van der Waals surface area contributed by atoms with Crippen molar-refractivity contribution in [1.29, 1.82) is 0 Å². The van der Waals surface area contributed by atoms with Gasteiger partial charge in [0.1, 0.15) is 11.1 Å². The van der Waals surface area contributed by atoms with Crippen LogP contribution in [0, 0.1) is 17.8 Å². The van der Waals surface area contributed by atoms with E-state index in [2.05, 4.69) is 11.2 Å². The number of alkyl carbamates (subject to hydrolysis) is 1. The third kappa shape index (κ3) is 2.63. The largest absolute Gasteiger partial charge is 0.444 e. The molecule has 0 aromatic rings. The van der Waals surface area contributed by atoms with E-state index in [1.165, 1.54) is 25.7 Å². The van der Waals surface area contributed by atoms with Gasteiger partial charge in [-0.05, 0) is 51.9 Å². The average Bonchev–Trinajstić information content (AvgIpc) is 2.62. The fraction of sp³-hybridized carbons (Fsp3) is 0.800. The number of amides is 1. The highest BCUT2D eigenvalue weighted by molar-refractivity contribution is 5.70. The molecule has 3 heteroatoms. The molecular formula is C15H23NO2. The summed E-state index contributed by atoms with van der Waals surface area (Å²) < 4.78 is 5.28. The summed E-state index contributed by atoms with van der Waals surface area (Å²) in [6.45, 7) is 5.57. The van der Waals surface area contributed by atoms with Gasteiger partial charge in [0.25, 0.3) is 0 Å². The summed E-state index contributed by atoms with van der Waals surface area (Å²) in [5, 5.41) is 2.89. The lowest BCUT2D eigenvalue weighted by atomic mass is 9.56. The topological polar surface area (TPSA) is 38.3 Å². The molecule has 2 aliphatic rings. The van der Waals surface area contributed by atoms with Crippen molar-refractivity contribution in [2.45, 2.75) is 70.4 Å². The summed E-state index contributed by atoms with van der Waals surface area (Å²) in [5.74, 6) is 2.77. The van der Waals surface area contributed by atoms with Gasteiger partial charge in [-0.25, -0.2) is 4.79 Å². The number of hydrogen-bond acceptors (Lipinski definition) is 2. The van der Waals surface area contributed by atoms with Crippen molar-refractivity contribution in [2.24, 2.45) is 5.41 Å². The van der Waals surface area contributed by atoms with Crippen molar-refractivity contribution in [3.63, 3.8) is 0 Å². The van der Waals surface area contributed by atoms with Crippen LogP contribution in [-0.2, 0) is 4.74 Å². The summed E-state index contributed by atoms with van der Waals surface area (Å²) >= 11 is 0. The molecule has 0 unspecified atom stereocenters. The molecule has 18 heavy (non-hydrogen) atoms. The van der Waals surface area contributed by atoms with Crippen LogP contribution in [0.4, 0.5) is 4.79 Å². The van der Waals surface area contributed by atoms with E-state index in [9.17, 15) is 4.79 Å². The quantitative estimate of drug-likeness (QED) is 0.724. The fourth-order valence-electron chi connectivity index (χ4n) is 3.43. The predicted molar refractivity (Wildman–Crippen MR) is 71.1 cm³/mol. The molecule has 0 radical (unpaired) electrons. The van der Waals surface area contributed by atoms with Gasteiger partial charge in [0.15, 0.2) is 0 Å². The van der Waals surface area contributed by atoms with E-state index in [4.69, 9.17) is 11.2 Å². The molecule has 100 valence electrons. The molecule has 3 nitrogen and oxygen atoms in total. The van der Waals surface area contributed by atoms with Crippen LogP contribution in [0.3, 0.4) is 0 Å². The Morgan fingerprint density at radius 1 is 1.28 bits per heavy atom. The molecule has 0 saturated heterocycles. The summed E-state index contributed by atoms with van der Waals surface area (Å²) in [6.07, 6.45) is 12.2. The van der Waals surface area contributed by atoms with Gasteiger partial charge in [-0.15, -0.1) is 6.42 Å². The first-order valence-electron chi connectivity index (χ1n) is 6.77. The molecule has 1 spiro atoms. The minimum Gasteiger partial charge on any atom is -0.444 e. The number of ether oxygens (including phenoxy) is 1. The van der Waals surface area contributed by atoms with Crippen molar-refractivity contribution in [3.8, 4) is 12.3 Å². The van der Waals surface area contributed by atoms with Crippen molar-refractivity contribution in [2.75, 3.05) is 0 Å². The van der Waals surface area contributed by atoms with Crippen LogP contribution in [0.15, 0.2) is 0 Å². The molecule has 0 atom stereocenters. The summed E-state index contributed by atoms with van der Waals surface area (Å²) in [7, 11) is 0. The highest BCUT2D eigenvalue weighted by atomic mass is 16.6. The van der Waals surface area contributed by atoms with Gasteiger partial charge in [0, 0.05) is 0 Å². The maximum absolute atomic E-state index is 11.8. The lowest BCUT2D eigenvalue weighted by Gasteiger charge is -2.52. The molecule has 1 amide bonds. The zero-order chi connectivity index (χ0) is 13.4. The lowest BCUT2D eigenvalue weighted by molar-refractivity contribution is 0.0152. The van der Waals surface area contributed by atoms with Gasteiger partial charge in [0.2, 0.25) is 0 Å². The minimum atomic E-state index is -0.478. The first-order chi connectivity index (χ1) is 8.28. The molecule has 0 aromatic carbocycles. The van der Waals surface area contributed by atoms with Gasteiger partial charge < -0.3 is 10.1 Å². The smallest absolute Gasteiger partial charge is 0.408 e. The number of carbonyl (C=O) groups excluding carboxylic acids is 1. The van der Waals surface area contributed by atoms with E-state index in [0.29, 0.717) is 5.41 Å². The van der Waals surface area contributed by atoms with Gasteiger partial charge >= 0.3 is 6.09 Å². The Hall–Kier alpha value is -1.17. The average molecular weight is 249 g/mol. The number of nitrogens with one attached hydrogen (secondary N) is 1. The molecular weight excluding hydrogens is 226 g/mol. The minimum absolute atomic E-state index is 0.395. The maximum atomic E-state index is 11.8. The van der Waals surface area contributed by atoms with Crippen LogP contribution >= 0.6 is 0 Å². The Labute approximate surface area is 110 Å². The normalized spacial score (nSPS) is 24.1. The number of hydrogen-bond donors (Lipinski definition) is 1. The molecule has 0 aliphatic heterocycles. The second-order valence-corrected chi connectivity index (χ2v) is 6.91. The Morgan fingerprint density at radius 2 is 1.83 bits per heavy atom. The summed E-state index contributed by atoms with van der Waals surface area (Å²) in [6, 6.07) is 0. The predicted octanol–water partition coefficient (Wildman–Crippen LogP) is 3.24. The molecule has 1 N–H and O–H groups in total. The van der Waals surface area contributed by atoms with Crippen LogP contribution < -0.4 is 5.32 Å². The number of terminal acetylenes is 1. The van der Waals surface area contributed by atoms with Crippen molar-refractivity contribution < 1.29 is 9.53 Å². The van der Waals surface area contributed by atoms with E-state index in [1.54, 1.807) is 0 Å². The fourth-order valence-corrected chi connectivity index (χ4v) is 3.43. The van der Waals surface area contributed by atoms with Gasteiger partial charge in [-0.1, -0.05) is 18.8 Å². The molecule has 0 aromatic heterocycles. The highest BCUT2D eigenvalue weighted by Crippen LogP contribution is 2.57. The Balaban J connectivity index is 1.92. The third-order valence-corrected chi connectivity index (χ3v) is 4.03. The van der Waals surface area contributed by atoms with Gasteiger partial charge in [-0.3, -0.25) is 0 Å². The zero-order valence-electron chi connectivity index (χ0n) is 11.6. The zero-order valence-corrected chi connectivity index (χ0v) is 11.6. The first kappa shape index (κ1) is 13.3. The van der Waals surface area contributed by atoms with Crippen LogP contribution in [-0.4, -0.2) is 17.2 Å². The second-order valence-electron chi connectivity index (χ2n) is 6.91.